The SMILES string of the molecule is CCNCc1ccnc(-c2cc(C)ccn2)n1. The van der Waals surface area contributed by atoms with Crippen LogP contribution < -0.4 is 5.32 Å². The van der Waals surface area contributed by atoms with Crippen LogP contribution in [0.5, 0.6) is 0 Å². The second-order valence-corrected chi connectivity index (χ2v) is 3.87. The summed E-state index contributed by atoms with van der Waals surface area (Å²) in [4.78, 5) is 13.0. The van der Waals surface area contributed by atoms with Crippen molar-refractivity contribution in [2.45, 2.75) is 20.4 Å². The maximum absolute atomic E-state index is 4.49. The molecule has 0 aromatic carbocycles. The van der Waals surface area contributed by atoms with Gasteiger partial charge in [0.1, 0.15) is 5.69 Å². The molecule has 0 bridgehead atoms. The van der Waals surface area contributed by atoms with Gasteiger partial charge in [-0.05, 0) is 37.2 Å². The molecule has 0 saturated heterocycles. The van der Waals surface area contributed by atoms with E-state index in [2.05, 4.69) is 27.2 Å². The Kier molecular flexibility index (Phi) is 3.77. The summed E-state index contributed by atoms with van der Waals surface area (Å²) in [5.41, 5.74) is 2.97. The van der Waals surface area contributed by atoms with Crippen molar-refractivity contribution in [1.29, 1.82) is 0 Å². The smallest absolute Gasteiger partial charge is 0.178 e. The van der Waals surface area contributed by atoms with E-state index in [-0.39, 0.29) is 0 Å². The molecule has 0 radical (unpaired) electrons. The van der Waals surface area contributed by atoms with Crippen LogP contribution in [0.2, 0.25) is 0 Å². The molecule has 4 nitrogen and oxygen atoms in total. The molecule has 0 aliphatic carbocycles. The average molecular weight is 228 g/mol. The Morgan fingerprint density at radius 2 is 2.00 bits per heavy atom. The molecule has 0 amide bonds. The van der Waals surface area contributed by atoms with E-state index in [1.54, 1.807) is 12.4 Å². The number of pyridine rings is 1. The number of aromatic nitrogens is 3. The van der Waals surface area contributed by atoms with Crippen molar-refractivity contribution in [2.75, 3.05) is 6.54 Å². The maximum Gasteiger partial charge on any atom is 0.178 e. The highest BCUT2D eigenvalue weighted by molar-refractivity contribution is 5.49. The zero-order valence-corrected chi connectivity index (χ0v) is 10.1. The molecule has 17 heavy (non-hydrogen) atoms. The molecule has 2 heterocycles. The number of aryl methyl sites for hydroxylation is 1. The van der Waals surface area contributed by atoms with Gasteiger partial charge in [0.25, 0.3) is 0 Å². The fraction of sp³-hybridized carbons (Fsp3) is 0.308. The summed E-state index contributed by atoms with van der Waals surface area (Å²) < 4.78 is 0. The molecule has 0 unspecified atom stereocenters. The minimum atomic E-state index is 0.684. The molecule has 0 aliphatic heterocycles. The predicted molar refractivity (Wildman–Crippen MR) is 67.4 cm³/mol. The Morgan fingerprint density at radius 1 is 1.18 bits per heavy atom. The van der Waals surface area contributed by atoms with Crippen molar-refractivity contribution in [3.8, 4) is 11.5 Å². The van der Waals surface area contributed by atoms with Gasteiger partial charge in [0, 0.05) is 18.9 Å². The number of nitrogens with one attached hydrogen (secondary N) is 1. The largest absolute Gasteiger partial charge is 0.311 e. The standard InChI is InChI=1S/C13H16N4/c1-3-14-9-11-5-7-16-13(17-11)12-8-10(2)4-6-15-12/h4-8,14H,3,9H2,1-2H3. The van der Waals surface area contributed by atoms with Crippen molar-refractivity contribution >= 4 is 0 Å². The van der Waals surface area contributed by atoms with E-state index in [1.165, 1.54) is 0 Å². The van der Waals surface area contributed by atoms with Gasteiger partial charge < -0.3 is 5.32 Å². The summed E-state index contributed by atoms with van der Waals surface area (Å²) in [6, 6.07) is 5.88. The number of rotatable bonds is 4. The van der Waals surface area contributed by atoms with Crippen LogP contribution >= 0.6 is 0 Å². The van der Waals surface area contributed by atoms with Crippen LogP contribution in [0.25, 0.3) is 11.5 Å². The number of hydrogen-bond donors (Lipinski definition) is 1. The topological polar surface area (TPSA) is 50.7 Å². The minimum Gasteiger partial charge on any atom is -0.311 e. The van der Waals surface area contributed by atoms with Crippen LogP contribution in [-0.2, 0) is 6.54 Å². The van der Waals surface area contributed by atoms with Crippen molar-refractivity contribution in [3.05, 3.63) is 41.9 Å². The maximum atomic E-state index is 4.49. The van der Waals surface area contributed by atoms with Crippen molar-refractivity contribution in [1.82, 2.24) is 20.3 Å². The van der Waals surface area contributed by atoms with Gasteiger partial charge in [0.2, 0.25) is 0 Å². The fourth-order valence-corrected chi connectivity index (χ4v) is 1.53. The lowest BCUT2D eigenvalue weighted by Gasteiger charge is -2.04. The van der Waals surface area contributed by atoms with Gasteiger partial charge in [0.15, 0.2) is 5.82 Å². The third-order valence-corrected chi connectivity index (χ3v) is 2.41. The van der Waals surface area contributed by atoms with Crippen molar-refractivity contribution in [3.63, 3.8) is 0 Å². The Balaban J connectivity index is 2.26. The lowest BCUT2D eigenvalue weighted by Crippen LogP contribution is -2.13. The van der Waals surface area contributed by atoms with Gasteiger partial charge in [-0.3, -0.25) is 4.98 Å². The molecule has 4 heteroatoms. The normalized spacial score (nSPS) is 10.5. The molecule has 2 aromatic rings. The molecule has 0 saturated carbocycles. The molecule has 2 aromatic heterocycles. The van der Waals surface area contributed by atoms with Crippen molar-refractivity contribution in [2.24, 2.45) is 0 Å². The molecule has 2 rings (SSSR count). The Hall–Kier alpha value is -1.81. The van der Waals surface area contributed by atoms with Gasteiger partial charge in [0.05, 0.1) is 5.69 Å². The van der Waals surface area contributed by atoms with Crippen LogP contribution in [0.3, 0.4) is 0 Å². The molecule has 0 aliphatic rings. The van der Waals surface area contributed by atoms with Crippen LogP contribution in [0, 0.1) is 6.92 Å². The summed E-state index contributed by atoms with van der Waals surface area (Å²) in [7, 11) is 0. The second-order valence-electron chi connectivity index (χ2n) is 3.87. The first-order chi connectivity index (χ1) is 8.29. The fourth-order valence-electron chi connectivity index (χ4n) is 1.53. The molecule has 88 valence electrons. The van der Waals surface area contributed by atoms with Gasteiger partial charge in [-0.2, -0.15) is 0 Å². The predicted octanol–water partition coefficient (Wildman–Crippen LogP) is 1.96. The molecule has 0 atom stereocenters. The zero-order valence-electron chi connectivity index (χ0n) is 10.1. The van der Waals surface area contributed by atoms with Gasteiger partial charge in [-0.1, -0.05) is 6.92 Å². The Morgan fingerprint density at radius 3 is 2.76 bits per heavy atom. The highest BCUT2D eigenvalue weighted by atomic mass is 14.9. The van der Waals surface area contributed by atoms with E-state index in [0.29, 0.717) is 5.82 Å². The third-order valence-electron chi connectivity index (χ3n) is 2.41. The monoisotopic (exact) mass is 228 g/mol. The highest BCUT2D eigenvalue weighted by Crippen LogP contribution is 2.12. The summed E-state index contributed by atoms with van der Waals surface area (Å²) >= 11 is 0. The lowest BCUT2D eigenvalue weighted by atomic mass is 10.2. The first-order valence-corrected chi connectivity index (χ1v) is 5.75. The Bertz CT molecular complexity index is 496. The van der Waals surface area contributed by atoms with E-state index in [1.807, 2.05) is 25.1 Å². The molecular formula is C13H16N4. The average Bonchev–Trinajstić information content (AvgIpc) is 2.37. The summed E-state index contributed by atoms with van der Waals surface area (Å²) in [6.07, 6.45) is 3.56. The second kappa shape index (κ2) is 5.50. The summed E-state index contributed by atoms with van der Waals surface area (Å²) in [5.74, 6) is 0.684. The van der Waals surface area contributed by atoms with Crippen LogP contribution in [0.4, 0.5) is 0 Å². The zero-order chi connectivity index (χ0) is 12.1. The van der Waals surface area contributed by atoms with E-state index >= 15 is 0 Å². The summed E-state index contributed by atoms with van der Waals surface area (Å²) in [6.45, 7) is 5.80. The van der Waals surface area contributed by atoms with Crippen LogP contribution in [0.1, 0.15) is 18.2 Å². The van der Waals surface area contributed by atoms with E-state index in [9.17, 15) is 0 Å². The van der Waals surface area contributed by atoms with Gasteiger partial charge >= 0.3 is 0 Å². The quantitative estimate of drug-likeness (QED) is 0.869. The molecular weight excluding hydrogens is 212 g/mol. The number of hydrogen-bond acceptors (Lipinski definition) is 4. The Labute approximate surface area is 101 Å². The third kappa shape index (κ3) is 3.07. The van der Waals surface area contributed by atoms with Crippen molar-refractivity contribution < 1.29 is 0 Å². The molecule has 0 spiro atoms. The lowest BCUT2D eigenvalue weighted by molar-refractivity contribution is 0.709. The molecule has 0 fully saturated rings. The first-order valence-electron chi connectivity index (χ1n) is 5.75. The van der Waals surface area contributed by atoms with Crippen LogP contribution in [-0.4, -0.2) is 21.5 Å². The summed E-state index contributed by atoms with van der Waals surface area (Å²) in [5, 5.41) is 3.24. The molecule has 1 N–H and O–H groups in total. The van der Waals surface area contributed by atoms with Gasteiger partial charge in [-0.15, -0.1) is 0 Å². The highest BCUT2D eigenvalue weighted by Gasteiger charge is 2.03. The van der Waals surface area contributed by atoms with Crippen LogP contribution in [0.15, 0.2) is 30.6 Å². The van der Waals surface area contributed by atoms with E-state index in [0.717, 1.165) is 30.0 Å². The van der Waals surface area contributed by atoms with E-state index in [4.69, 9.17) is 0 Å². The van der Waals surface area contributed by atoms with Gasteiger partial charge in [-0.25, -0.2) is 9.97 Å². The first kappa shape index (κ1) is 11.7. The minimum absolute atomic E-state index is 0.684. The van der Waals surface area contributed by atoms with E-state index < -0.39 is 0 Å². The number of nitrogens with zero attached hydrogens (tertiary/aromatic N) is 3.